The number of nitrogens with zero attached hydrogens (tertiary/aromatic N) is 2. The van der Waals surface area contributed by atoms with Gasteiger partial charge in [0, 0.05) is 31.7 Å². The predicted octanol–water partition coefficient (Wildman–Crippen LogP) is 2.88. The molecule has 29 heavy (non-hydrogen) atoms. The summed E-state index contributed by atoms with van der Waals surface area (Å²) in [5.74, 6) is -0.0598. The first kappa shape index (κ1) is 20.7. The van der Waals surface area contributed by atoms with Crippen LogP contribution in [-0.4, -0.2) is 63.7 Å². The molecular formula is C22H27N3O4. The summed E-state index contributed by atoms with van der Waals surface area (Å²) in [4.78, 5) is 29.4. The number of piperazine rings is 1. The number of nitrogens with one attached hydrogen (secondary N) is 1. The van der Waals surface area contributed by atoms with Crippen molar-refractivity contribution in [3.05, 3.63) is 53.6 Å². The first-order valence-corrected chi connectivity index (χ1v) is 9.72. The topological polar surface area (TPSA) is 71.1 Å². The number of methoxy groups -OCH3 is 1. The van der Waals surface area contributed by atoms with E-state index < -0.39 is 5.97 Å². The van der Waals surface area contributed by atoms with E-state index in [-0.39, 0.29) is 5.91 Å². The van der Waals surface area contributed by atoms with Gasteiger partial charge in [-0.3, -0.25) is 4.79 Å². The Hall–Kier alpha value is -3.06. The Morgan fingerprint density at radius 3 is 2.48 bits per heavy atom. The number of ether oxygens (including phenoxy) is 2. The second-order valence-electron chi connectivity index (χ2n) is 6.93. The smallest absolute Gasteiger partial charge is 0.337 e. The number of esters is 1. The molecule has 7 nitrogen and oxygen atoms in total. The van der Waals surface area contributed by atoms with Crippen LogP contribution in [-0.2, 0) is 4.74 Å². The molecule has 1 saturated heterocycles. The molecule has 2 aromatic carbocycles. The van der Waals surface area contributed by atoms with Crippen molar-refractivity contribution in [2.45, 2.75) is 6.92 Å². The number of carbonyl (C=O) groups excluding carboxylic acids is 2. The molecule has 1 aliphatic rings. The Labute approximate surface area is 171 Å². The number of carbonyl (C=O) groups is 2. The van der Waals surface area contributed by atoms with Gasteiger partial charge in [0.15, 0.2) is 0 Å². The third kappa shape index (κ3) is 5.06. The first-order chi connectivity index (χ1) is 14.0. The van der Waals surface area contributed by atoms with Crippen LogP contribution in [0.25, 0.3) is 0 Å². The highest BCUT2D eigenvalue weighted by Crippen LogP contribution is 2.29. The molecule has 2 aromatic rings. The van der Waals surface area contributed by atoms with Gasteiger partial charge in [0.2, 0.25) is 0 Å². The molecule has 1 aliphatic heterocycles. The van der Waals surface area contributed by atoms with Crippen LogP contribution in [0.4, 0.5) is 11.4 Å². The Kier molecular flexibility index (Phi) is 6.72. The second-order valence-corrected chi connectivity index (χ2v) is 6.93. The van der Waals surface area contributed by atoms with E-state index in [1.165, 1.54) is 7.11 Å². The molecule has 0 spiro atoms. The minimum Gasteiger partial charge on any atom is -0.494 e. The summed E-state index contributed by atoms with van der Waals surface area (Å²) in [7, 11) is 3.43. The van der Waals surface area contributed by atoms with Gasteiger partial charge in [-0.25, -0.2) is 4.79 Å². The fourth-order valence-electron chi connectivity index (χ4n) is 3.29. The summed E-state index contributed by atoms with van der Waals surface area (Å²) in [5, 5.41) is 2.97. The molecule has 0 aliphatic carbocycles. The summed E-state index contributed by atoms with van der Waals surface area (Å²) >= 11 is 0. The lowest BCUT2D eigenvalue weighted by molar-refractivity contribution is 0.0600. The van der Waals surface area contributed by atoms with E-state index in [1.807, 2.05) is 19.1 Å². The van der Waals surface area contributed by atoms with Crippen molar-refractivity contribution in [3.63, 3.8) is 0 Å². The second kappa shape index (κ2) is 9.43. The van der Waals surface area contributed by atoms with Gasteiger partial charge in [0.1, 0.15) is 5.75 Å². The van der Waals surface area contributed by atoms with E-state index in [9.17, 15) is 9.59 Å². The molecule has 1 N–H and O–H groups in total. The van der Waals surface area contributed by atoms with Gasteiger partial charge in [-0.15, -0.1) is 0 Å². The average Bonchev–Trinajstić information content (AvgIpc) is 2.74. The zero-order chi connectivity index (χ0) is 20.8. The van der Waals surface area contributed by atoms with E-state index in [1.54, 1.807) is 30.3 Å². The van der Waals surface area contributed by atoms with Gasteiger partial charge in [-0.1, -0.05) is 6.07 Å². The number of anilines is 2. The van der Waals surface area contributed by atoms with Gasteiger partial charge in [0.05, 0.1) is 30.7 Å². The minimum absolute atomic E-state index is 0.260. The SMILES string of the molecule is CCOc1cccc(C(=O)Nc2cc(C(=O)OC)ccc2N2CCN(C)CC2)c1. The molecule has 7 heteroatoms. The third-order valence-electron chi connectivity index (χ3n) is 4.92. The van der Waals surface area contributed by atoms with Crippen LogP contribution in [0.15, 0.2) is 42.5 Å². The molecule has 154 valence electrons. The Balaban J connectivity index is 1.89. The van der Waals surface area contributed by atoms with E-state index >= 15 is 0 Å². The van der Waals surface area contributed by atoms with Crippen molar-refractivity contribution in [2.75, 3.05) is 57.2 Å². The van der Waals surface area contributed by atoms with E-state index in [4.69, 9.17) is 9.47 Å². The van der Waals surface area contributed by atoms with Crippen LogP contribution in [0.5, 0.6) is 5.75 Å². The zero-order valence-electron chi connectivity index (χ0n) is 17.1. The quantitative estimate of drug-likeness (QED) is 0.756. The molecule has 0 aromatic heterocycles. The predicted molar refractivity (Wildman–Crippen MR) is 113 cm³/mol. The molecule has 0 bridgehead atoms. The summed E-state index contributed by atoms with van der Waals surface area (Å²) in [6.07, 6.45) is 0. The molecule has 3 rings (SSSR count). The Morgan fingerprint density at radius 2 is 1.79 bits per heavy atom. The molecular weight excluding hydrogens is 370 g/mol. The van der Waals surface area contributed by atoms with Gasteiger partial charge in [0.25, 0.3) is 5.91 Å². The largest absolute Gasteiger partial charge is 0.494 e. The van der Waals surface area contributed by atoms with Crippen LogP contribution in [0.2, 0.25) is 0 Å². The average molecular weight is 397 g/mol. The minimum atomic E-state index is -0.441. The Morgan fingerprint density at radius 1 is 1.03 bits per heavy atom. The number of hydrogen-bond acceptors (Lipinski definition) is 6. The number of hydrogen-bond donors (Lipinski definition) is 1. The number of benzene rings is 2. The van der Waals surface area contributed by atoms with Crippen LogP contribution in [0, 0.1) is 0 Å². The lowest BCUT2D eigenvalue weighted by atomic mass is 10.1. The van der Waals surface area contributed by atoms with Crippen molar-refractivity contribution in [2.24, 2.45) is 0 Å². The molecule has 1 fully saturated rings. The van der Waals surface area contributed by atoms with Gasteiger partial charge >= 0.3 is 5.97 Å². The van der Waals surface area contributed by atoms with Crippen LogP contribution in [0.3, 0.4) is 0 Å². The maximum atomic E-state index is 12.9. The maximum Gasteiger partial charge on any atom is 0.337 e. The summed E-state index contributed by atoms with van der Waals surface area (Å²) in [5.41, 5.74) is 2.36. The molecule has 1 amide bonds. The zero-order valence-corrected chi connectivity index (χ0v) is 17.1. The summed E-state index contributed by atoms with van der Waals surface area (Å²) < 4.78 is 10.3. The number of likely N-dealkylation sites (N-methyl/N-ethyl adjacent to an activating group) is 1. The highest BCUT2D eigenvalue weighted by Gasteiger charge is 2.20. The number of amides is 1. The molecule has 1 heterocycles. The summed E-state index contributed by atoms with van der Waals surface area (Å²) in [6, 6.07) is 12.3. The van der Waals surface area contributed by atoms with Crippen molar-refractivity contribution in [3.8, 4) is 5.75 Å². The van der Waals surface area contributed by atoms with Crippen molar-refractivity contribution in [1.82, 2.24) is 4.90 Å². The third-order valence-corrected chi connectivity index (χ3v) is 4.92. The van der Waals surface area contributed by atoms with Crippen molar-refractivity contribution < 1.29 is 19.1 Å². The van der Waals surface area contributed by atoms with Crippen LogP contribution in [0.1, 0.15) is 27.6 Å². The fourth-order valence-corrected chi connectivity index (χ4v) is 3.29. The normalized spacial score (nSPS) is 14.4. The molecule has 0 unspecified atom stereocenters. The van der Waals surface area contributed by atoms with E-state index in [2.05, 4.69) is 22.2 Å². The highest BCUT2D eigenvalue weighted by atomic mass is 16.5. The molecule has 0 atom stereocenters. The standard InChI is InChI=1S/C22H27N3O4/c1-4-29-18-7-5-6-16(14-18)21(26)23-19-15-17(22(27)28-3)8-9-20(19)25-12-10-24(2)11-13-25/h5-9,14-15H,4,10-13H2,1-3H3,(H,23,26). The Bertz CT molecular complexity index is 876. The van der Waals surface area contributed by atoms with Crippen LogP contribution < -0.4 is 15.0 Å². The van der Waals surface area contributed by atoms with Crippen LogP contribution >= 0.6 is 0 Å². The lowest BCUT2D eigenvalue weighted by Crippen LogP contribution is -2.44. The van der Waals surface area contributed by atoms with E-state index in [0.717, 1.165) is 31.9 Å². The maximum absolute atomic E-state index is 12.9. The van der Waals surface area contributed by atoms with E-state index in [0.29, 0.717) is 29.2 Å². The monoisotopic (exact) mass is 397 g/mol. The van der Waals surface area contributed by atoms with Gasteiger partial charge in [-0.2, -0.15) is 0 Å². The highest BCUT2D eigenvalue weighted by molar-refractivity contribution is 6.07. The lowest BCUT2D eigenvalue weighted by Gasteiger charge is -2.35. The van der Waals surface area contributed by atoms with Gasteiger partial charge in [-0.05, 0) is 50.4 Å². The molecule has 0 radical (unpaired) electrons. The fraction of sp³-hybridized carbons (Fsp3) is 0.364. The first-order valence-electron chi connectivity index (χ1n) is 9.72. The summed E-state index contributed by atoms with van der Waals surface area (Å²) in [6.45, 7) is 5.98. The van der Waals surface area contributed by atoms with Crippen molar-refractivity contribution in [1.29, 1.82) is 0 Å². The number of rotatable bonds is 6. The molecule has 0 saturated carbocycles. The van der Waals surface area contributed by atoms with Crippen molar-refractivity contribution >= 4 is 23.3 Å². The van der Waals surface area contributed by atoms with Gasteiger partial charge < -0.3 is 24.6 Å².